The molecule has 1 nitrogen and oxygen atoms in total. The molecule has 0 aliphatic heterocycles. The van der Waals surface area contributed by atoms with Gasteiger partial charge in [0.1, 0.15) is 5.82 Å². The van der Waals surface area contributed by atoms with Gasteiger partial charge >= 0.3 is 0 Å². The molecule has 0 saturated heterocycles. The Morgan fingerprint density at radius 1 is 1.50 bits per heavy atom. The number of hydrogen-bond acceptors (Lipinski definition) is 1. The first-order valence-corrected chi connectivity index (χ1v) is 5.11. The highest BCUT2D eigenvalue weighted by molar-refractivity contribution is 6.31. The van der Waals surface area contributed by atoms with Crippen molar-refractivity contribution in [3.63, 3.8) is 0 Å². The molecule has 1 aromatic carbocycles. The van der Waals surface area contributed by atoms with E-state index in [1.165, 1.54) is 0 Å². The van der Waals surface area contributed by atoms with Crippen LogP contribution in [0, 0.1) is 18.7 Å². The SMILES string of the molecule is Cc1ccc(Cl)c(C(O)C2CC2)c1F. The molecule has 1 N–H and O–H groups in total. The number of hydrogen-bond donors (Lipinski definition) is 1. The Morgan fingerprint density at radius 3 is 2.71 bits per heavy atom. The van der Waals surface area contributed by atoms with Gasteiger partial charge in [0.2, 0.25) is 0 Å². The molecule has 1 aliphatic carbocycles. The third-order valence-corrected chi connectivity index (χ3v) is 3.01. The van der Waals surface area contributed by atoms with Gasteiger partial charge in [-0.1, -0.05) is 17.7 Å². The number of aliphatic hydroxyl groups excluding tert-OH is 1. The number of rotatable bonds is 2. The molecule has 0 radical (unpaired) electrons. The third-order valence-electron chi connectivity index (χ3n) is 2.68. The fourth-order valence-corrected chi connectivity index (χ4v) is 1.85. The number of halogens is 2. The number of aliphatic hydroxyl groups is 1. The second kappa shape index (κ2) is 3.52. The lowest BCUT2D eigenvalue weighted by Crippen LogP contribution is -2.05. The zero-order valence-corrected chi connectivity index (χ0v) is 8.68. The van der Waals surface area contributed by atoms with Crippen LogP contribution in [-0.2, 0) is 0 Å². The van der Waals surface area contributed by atoms with Crippen molar-refractivity contribution in [3.05, 3.63) is 34.1 Å². The van der Waals surface area contributed by atoms with E-state index >= 15 is 0 Å². The van der Waals surface area contributed by atoms with E-state index in [4.69, 9.17) is 11.6 Å². The van der Waals surface area contributed by atoms with E-state index in [2.05, 4.69) is 0 Å². The van der Waals surface area contributed by atoms with Gasteiger partial charge in [0, 0.05) is 10.6 Å². The number of aryl methyl sites for hydroxylation is 1. The standard InChI is InChI=1S/C11H12ClFO/c1-6-2-5-8(12)9(10(6)13)11(14)7-3-4-7/h2,5,7,11,14H,3-4H2,1H3. The van der Waals surface area contributed by atoms with Crippen LogP contribution in [-0.4, -0.2) is 5.11 Å². The lowest BCUT2D eigenvalue weighted by molar-refractivity contribution is 0.149. The highest BCUT2D eigenvalue weighted by atomic mass is 35.5. The van der Waals surface area contributed by atoms with E-state index in [1.807, 2.05) is 0 Å². The molecule has 3 heteroatoms. The molecule has 2 rings (SSSR count). The van der Waals surface area contributed by atoms with Crippen molar-refractivity contribution in [1.82, 2.24) is 0 Å². The van der Waals surface area contributed by atoms with Crippen molar-refractivity contribution >= 4 is 11.6 Å². The van der Waals surface area contributed by atoms with Crippen molar-refractivity contribution in [1.29, 1.82) is 0 Å². The van der Waals surface area contributed by atoms with Crippen molar-refractivity contribution in [2.24, 2.45) is 5.92 Å². The summed E-state index contributed by atoms with van der Waals surface area (Å²) in [5.41, 5.74) is 0.804. The van der Waals surface area contributed by atoms with E-state index in [1.54, 1.807) is 19.1 Å². The van der Waals surface area contributed by atoms with Crippen LogP contribution >= 0.6 is 11.6 Å². The Labute approximate surface area is 87.5 Å². The van der Waals surface area contributed by atoms with Crippen molar-refractivity contribution in [3.8, 4) is 0 Å². The van der Waals surface area contributed by atoms with Crippen LogP contribution in [0.5, 0.6) is 0 Å². The first-order chi connectivity index (χ1) is 6.61. The van der Waals surface area contributed by atoms with Crippen molar-refractivity contribution in [2.75, 3.05) is 0 Å². The van der Waals surface area contributed by atoms with E-state index in [9.17, 15) is 9.50 Å². The molecular formula is C11H12ClFO. The maximum atomic E-state index is 13.7. The second-order valence-electron chi connectivity index (χ2n) is 3.87. The van der Waals surface area contributed by atoms with Crippen LogP contribution in [0.25, 0.3) is 0 Å². The first kappa shape index (κ1) is 9.94. The largest absolute Gasteiger partial charge is 0.388 e. The molecule has 1 aliphatic rings. The van der Waals surface area contributed by atoms with Gasteiger partial charge in [-0.3, -0.25) is 0 Å². The summed E-state index contributed by atoms with van der Waals surface area (Å²) in [5, 5.41) is 10.1. The normalized spacial score (nSPS) is 18.3. The number of benzene rings is 1. The summed E-state index contributed by atoms with van der Waals surface area (Å²) in [7, 11) is 0. The molecule has 1 atom stereocenters. The average molecular weight is 215 g/mol. The summed E-state index contributed by atoms with van der Waals surface area (Å²) >= 11 is 5.87. The lowest BCUT2D eigenvalue weighted by Gasteiger charge is -2.13. The Morgan fingerprint density at radius 2 is 2.14 bits per heavy atom. The molecule has 1 saturated carbocycles. The highest BCUT2D eigenvalue weighted by Gasteiger charge is 2.33. The minimum atomic E-state index is -0.734. The zero-order chi connectivity index (χ0) is 10.3. The van der Waals surface area contributed by atoms with Crippen molar-refractivity contribution in [2.45, 2.75) is 25.9 Å². The molecule has 0 amide bonds. The Kier molecular flexibility index (Phi) is 2.50. The van der Waals surface area contributed by atoms with Crippen LogP contribution in [0.4, 0.5) is 4.39 Å². The molecule has 0 heterocycles. The average Bonchev–Trinajstić information content (AvgIpc) is 2.95. The van der Waals surface area contributed by atoms with Crippen LogP contribution in [0.2, 0.25) is 5.02 Å². The molecule has 76 valence electrons. The Bertz CT molecular complexity index is 361. The van der Waals surface area contributed by atoms with Gasteiger partial charge in [-0.2, -0.15) is 0 Å². The van der Waals surface area contributed by atoms with Crippen LogP contribution in [0.15, 0.2) is 12.1 Å². The molecule has 1 fully saturated rings. The minimum Gasteiger partial charge on any atom is -0.388 e. The smallest absolute Gasteiger partial charge is 0.133 e. The molecule has 1 aromatic rings. The van der Waals surface area contributed by atoms with E-state index in [-0.39, 0.29) is 17.3 Å². The Balaban J connectivity index is 2.43. The molecule has 0 aromatic heterocycles. The van der Waals surface area contributed by atoms with E-state index in [0.29, 0.717) is 10.6 Å². The van der Waals surface area contributed by atoms with Gasteiger partial charge in [-0.05, 0) is 37.3 Å². The summed E-state index contributed by atoms with van der Waals surface area (Å²) < 4.78 is 13.7. The fraction of sp³-hybridized carbons (Fsp3) is 0.455. The molecule has 0 bridgehead atoms. The van der Waals surface area contributed by atoms with E-state index < -0.39 is 6.10 Å². The van der Waals surface area contributed by atoms with Crippen LogP contribution in [0.3, 0.4) is 0 Å². The Hall–Kier alpha value is -0.600. The summed E-state index contributed by atoms with van der Waals surface area (Å²) in [5.74, 6) is -0.166. The predicted octanol–water partition coefficient (Wildman–Crippen LogP) is 3.23. The van der Waals surface area contributed by atoms with Gasteiger partial charge in [0.05, 0.1) is 6.10 Å². The monoisotopic (exact) mass is 214 g/mol. The van der Waals surface area contributed by atoms with Gasteiger partial charge in [-0.25, -0.2) is 4.39 Å². The summed E-state index contributed by atoms with van der Waals surface area (Å²) in [4.78, 5) is 0. The van der Waals surface area contributed by atoms with Crippen LogP contribution in [0.1, 0.15) is 30.1 Å². The lowest BCUT2D eigenvalue weighted by atomic mass is 10.0. The third kappa shape index (κ3) is 1.64. The zero-order valence-electron chi connectivity index (χ0n) is 7.93. The maximum Gasteiger partial charge on any atom is 0.133 e. The second-order valence-corrected chi connectivity index (χ2v) is 4.28. The van der Waals surface area contributed by atoms with Crippen LogP contribution < -0.4 is 0 Å². The van der Waals surface area contributed by atoms with Crippen molar-refractivity contribution < 1.29 is 9.50 Å². The first-order valence-electron chi connectivity index (χ1n) is 4.74. The predicted molar refractivity (Wildman–Crippen MR) is 53.8 cm³/mol. The van der Waals surface area contributed by atoms with Gasteiger partial charge in [-0.15, -0.1) is 0 Å². The summed E-state index contributed by atoms with van der Waals surface area (Å²) in [6, 6.07) is 3.27. The molecule has 14 heavy (non-hydrogen) atoms. The maximum absolute atomic E-state index is 13.7. The summed E-state index contributed by atoms with van der Waals surface area (Å²) in [6.07, 6.45) is 1.19. The fourth-order valence-electron chi connectivity index (χ4n) is 1.60. The summed E-state index contributed by atoms with van der Waals surface area (Å²) in [6.45, 7) is 1.68. The van der Waals surface area contributed by atoms with E-state index in [0.717, 1.165) is 12.8 Å². The van der Waals surface area contributed by atoms with Gasteiger partial charge in [0.15, 0.2) is 0 Å². The molecule has 1 unspecified atom stereocenters. The topological polar surface area (TPSA) is 20.2 Å². The van der Waals surface area contributed by atoms with Gasteiger partial charge < -0.3 is 5.11 Å². The van der Waals surface area contributed by atoms with Gasteiger partial charge in [0.25, 0.3) is 0 Å². The minimum absolute atomic E-state index is 0.198. The molecule has 0 spiro atoms. The molecular weight excluding hydrogens is 203 g/mol. The quantitative estimate of drug-likeness (QED) is 0.802. The highest BCUT2D eigenvalue weighted by Crippen LogP contribution is 2.43.